The summed E-state index contributed by atoms with van der Waals surface area (Å²) >= 11 is 0. The third-order valence-corrected chi connectivity index (χ3v) is 4.34. The lowest BCUT2D eigenvalue weighted by atomic mass is 10.1. The predicted octanol–water partition coefficient (Wildman–Crippen LogP) is 0.136. The first-order valence-corrected chi connectivity index (χ1v) is 9.74. The first-order valence-electron chi connectivity index (χ1n) is 9.74. The van der Waals surface area contributed by atoms with Crippen LogP contribution in [0.3, 0.4) is 0 Å². The number of benzene rings is 1. The van der Waals surface area contributed by atoms with Gasteiger partial charge >= 0.3 is 5.69 Å². The molecule has 1 aromatic carbocycles. The first-order chi connectivity index (χ1) is 14.7. The largest absolute Gasteiger partial charge is 0.490 e. The molecule has 0 saturated heterocycles. The Hall–Kier alpha value is -3.25. The van der Waals surface area contributed by atoms with Gasteiger partial charge in [0.25, 0.3) is 5.09 Å². The van der Waals surface area contributed by atoms with Gasteiger partial charge in [-0.05, 0) is 32.4 Å². The van der Waals surface area contributed by atoms with Gasteiger partial charge in [-0.3, -0.25) is 4.79 Å². The zero-order chi connectivity index (χ0) is 22.9. The van der Waals surface area contributed by atoms with Crippen LogP contribution >= 0.6 is 0 Å². The number of fused-ring (bicyclic) bond motifs is 1. The molecule has 1 amide bonds. The van der Waals surface area contributed by atoms with Crippen molar-refractivity contribution in [2.24, 2.45) is 0 Å². The molecule has 170 valence electrons. The van der Waals surface area contributed by atoms with Crippen LogP contribution in [-0.2, 0) is 9.63 Å². The van der Waals surface area contributed by atoms with Crippen LogP contribution in [-0.4, -0.2) is 64.0 Å². The Bertz CT molecular complexity index is 947. The quantitative estimate of drug-likeness (QED) is 0.193. The van der Waals surface area contributed by atoms with Crippen LogP contribution in [0.15, 0.2) is 29.2 Å². The summed E-state index contributed by atoms with van der Waals surface area (Å²) in [5.74, 6) is 0.251. The minimum atomic E-state index is -0.891. The van der Waals surface area contributed by atoms with E-state index in [-0.39, 0.29) is 38.5 Å². The fourth-order valence-corrected chi connectivity index (χ4v) is 2.66. The highest BCUT2D eigenvalue weighted by Gasteiger charge is 2.20. The summed E-state index contributed by atoms with van der Waals surface area (Å²) < 4.78 is 5.67. The first kappa shape index (κ1) is 24.0. The Morgan fingerprint density at radius 2 is 2.19 bits per heavy atom. The van der Waals surface area contributed by atoms with E-state index in [4.69, 9.17) is 4.74 Å². The summed E-state index contributed by atoms with van der Waals surface area (Å²) in [6, 6.07) is 5.18. The summed E-state index contributed by atoms with van der Waals surface area (Å²) in [5, 5.41) is 25.9. The summed E-state index contributed by atoms with van der Waals surface area (Å²) in [5.41, 5.74) is -0.364. The molecule has 1 unspecified atom stereocenters. The smallest absolute Gasteiger partial charge is 0.345 e. The van der Waals surface area contributed by atoms with Crippen molar-refractivity contribution in [1.29, 1.82) is 0 Å². The summed E-state index contributed by atoms with van der Waals surface area (Å²) in [6.07, 6.45) is 0.962. The molecule has 1 heterocycles. The van der Waals surface area contributed by atoms with E-state index in [0.717, 1.165) is 0 Å². The van der Waals surface area contributed by atoms with Gasteiger partial charge in [0.1, 0.15) is 18.5 Å². The number of aliphatic hydroxyl groups is 1. The normalized spacial score (nSPS) is 12.4. The lowest BCUT2D eigenvalue weighted by Crippen LogP contribution is -2.51. The van der Waals surface area contributed by atoms with Crippen molar-refractivity contribution < 1.29 is 24.6 Å². The molecule has 0 aliphatic rings. The molecule has 12 heteroatoms. The van der Waals surface area contributed by atoms with Gasteiger partial charge < -0.3 is 30.3 Å². The number of nitrogens with one attached hydrogen (secondary N) is 3. The molecule has 0 spiro atoms. The van der Waals surface area contributed by atoms with Gasteiger partial charge in [-0.1, -0.05) is 6.07 Å². The Morgan fingerprint density at radius 1 is 1.42 bits per heavy atom. The Labute approximate surface area is 178 Å². The van der Waals surface area contributed by atoms with Crippen LogP contribution in [0, 0.1) is 10.1 Å². The van der Waals surface area contributed by atoms with Crippen molar-refractivity contribution in [1.82, 2.24) is 20.6 Å². The number of ether oxygens (including phenoxy) is 1. The zero-order valence-electron chi connectivity index (χ0n) is 17.4. The van der Waals surface area contributed by atoms with E-state index in [1.807, 2.05) is 13.8 Å². The van der Waals surface area contributed by atoms with Crippen molar-refractivity contribution in [2.75, 3.05) is 26.3 Å². The second-order valence-electron chi connectivity index (χ2n) is 7.57. The molecule has 1 atom stereocenters. The minimum absolute atomic E-state index is 0.0180. The van der Waals surface area contributed by atoms with Crippen molar-refractivity contribution in [3.63, 3.8) is 0 Å². The summed E-state index contributed by atoms with van der Waals surface area (Å²) in [6.45, 7) is 4.14. The maximum atomic E-state index is 11.8. The van der Waals surface area contributed by atoms with Gasteiger partial charge in [0.15, 0.2) is 0 Å². The molecule has 31 heavy (non-hydrogen) atoms. The highest BCUT2D eigenvalue weighted by molar-refractivity contribution is 5.83. The molecule has 4 N–H and O–H groups in total. The second kappa shape index (κ2) is 11.2. The number of rotatable bonds is 13. The highest BCUT2D eigenvalue weighted by Crippen LogP contribution is 2.22. The fraction of sp³-hybridized carbons (Fsp3) is 0.526. The van der Waals surface area contributed by atoms with E-state index in [9.17, 15) is 24.8 Å². The fourth-order valence-electron chi connectivity index (χ4n) is 2.66. The van der Waals surface area contributed by atoms with Crippen molar-refractivity contribution in [3.8, 4) is 5.75 Å². The number of β-amino-alcohol motifs (C(OH)–C–C–N with tert-alkyl or cyclic N) is 1. The molecule has 2 rings (SSSR count). The number of aromatic amines is 1. The number of aromatic nitrogens is 2. The van der Waals surface area contributed by atoms with Crippen LogP contribution in [0.5, 0.6) is 5.75 Å². The Morgan fingerprint density at radius 3 is 2.94 bits per heavy atom. The minimum Gasteiger partial charge on any atom is -0.490 e. The summed E-state index contributed by atoms with van der Waals surface area (Å²) in [7, 11) is 0. The van der Waals surface area contributed by atoms with Gasteiger partial charge in [-0.25, -0.2) is 9.78 Å². The second-order valence-corrected chi connectivity index (χ2v) is 7.57. The van der Waals surface area contributed by atoms with Crippen LogP contribution in [0.1, 0.15) is 26.7 Å². The number of H-pyrrole nitrogens is 1. The van der Waals surface area contributed by atoms with E-state index >= 15 is 0 Å². The van der Waals surface area contributed by atoms with Gasteiger partial charge in [-0.2, -0.15) is 0 Å². The monoisotopic (exact) mass is 437 g/mol. The van der Waals surface area contributed by atoms with Gasteiger partial charge in [0, 0.05) is 31.2 Å². The Balaban J connectivity index is 1.72. The molecule has 0 saturated carbocycles. The van der Waals surface area contributed by atoms with E-state index in [0.29, 0.717) is 23.2 Å². The van der Waals surface area contributed by atoms with E-state index in [1.54, 1.807) is 18.2 Å². The highest BCUT2D eigenvalue weighted by atomic mass is 16.9. The topological polar surface area (TPSA) is 169 Å². The van der Waals surface area contributed by atoms with Crippen LogP contribution in [0.25, 0.3) is 10.9 Å². The van der Waals surface area contributed by atoms with Crippen molar-refractivity contribution in [3.05, 3.63) is 45.0 Å². The standard InChI is InChI=1S/C19H27N5O7/c1-19(2,12-21-17(26)7-4-8-31-24(28)29)22-9-13(25)11-30-16-6-3-5-15-14(16)10-20-18(27)23-15/h3,5-6,10,13,22,25H,4,7-9,11-12H2,1-2H3,(H,21,26)(H,20,23,27). The van der Waals surface area contributed by atoms with Crippen LogP contribution in [0.2, 0.25) is 0 Å². The van der Waals surface area contributed by atoms with Crippen molar-refractivity contribution in [2.45, 2.75) is 38.3 Å². The third-order valence-electron chi connectivity index (χ3n) is 4.34. The summed E-state index contributed by atoms with van der Waals surface area (Å²) in [4.78, 5) is 43.6. The lowest BCUT2D eigenvalue weighted by Gasteiger charge is -2.28. The number of hydrogen-bond acceptors (Lipinski definition) is 9. The van der Waals surface area contributed by atoms with Crippen molar-refractivity contribution >= 4 is 16.8 Å². The molecule has 12 nitrogen and oxygen atoms in total. The molecular formula is C19H27N5O7. The van der Waals surface area contributed by atoms with Crippen LogP contribution in [0.4, 0.5) is 0 Å². The van der Waals surface area contributed by atoms with E-state index in [1.165, 1.54) is 6.20 Å². The number of aliphatic hydroxyl groups excluding tert-OH is 1. The van der Waals surface area contributed by atoms with Gasteiger partial charge in [0.2, 0.25) is 5.91 Å². The molecular weight excluding hydrogens is 410 g/mol. The molecule has 0 bridgehead atoms. The number of hydrogen-bond donors (Lipinski definition) is 4. The molecule has 0 aliphatic carbocycles. The average molecular weight is 437 g/mol. The van der Waals surface area contributed by atoms with Gasteiger partial charge in [0.05, 0.1) is 17.5 Å². The molecule has 2 aromatic rings. The number of carbonyl (C=O) groups excluding carboxylic acids is 1. The maximum Gasteiger partial charge on any atom is 0.345 e. The molecule has 0 radical (unpaired) electrons. The molecule has 0 fully saturated rings. The zero-order valence-corrected chi connectivity index (χ0v) is 17.4. The van der Waals surface area contributed by atoms with E-state index < -0.39 is 22.4 Å². The van der Waals surface area contributed by atoms with E-state index in [2.05, 4.69) is 25.4 Å². The number of nitrogens with zero attached hydrogens (tertiary/aromatic N) is 2. The Kier molecular flexibility index (Phi) is 8.70. The maximum absolute atomic E-state index is 11.8. The SMILES string of the molecule is CC(C)(CNC(=O)CCCO[N+](=O)[O-])NCC(O)COc1cccc2[nH]c(=O)ncc12. The van der Waals surface area contributed by atoms with Gasteiger partial charge in [-0.15, -0.1) is 10.1 Å². The molecule has 0 aliphatic heterocycles. The number of amides is 1. The average Bonchev–Trinajstić information content (AvgIpc) is 2.72. The predicted molar refractivity (Wildman–Crippen MR) is 111 cm³/mol. The van der Waals surface area contributed by atoms with Crippen LogP contribution < -0.4 is 21.1 Å². The lowest BCUT2D eigenvalue weighted by molar-refractivity contribution is -0.757. The molecule has 1 aromatic heterocycles. The third kappa shape index (κ3) is 8.56. The number of carbonyl (C=O) groups is 1.